The third kappa shape index (κ3) is 5.18. The molecule has 0 bridgehead atoms. The van der Waals surface area contributed by atoms with E-state index in [2.05, 4.69) is 127 Å². The van der Waals surface area contributed by atoms with Gasteiger partial charge in [-0.3, -0.25) is 0 Å². The first-order chi connectivity index (χ1) is 20.7. The van der Waals surface area contributed by atoms with E-state index in [0.717, 1.165) is 16.5 Å². The summed E-state index contributed by atoms with van der Waals surface area (Å²) in [5.41, 5.74) is 8.16. The Balaban J connectivity index is 0.00000171. The molecule has 0 heterocycles. The predicted molar refractivity (Wildman–Crippen MR) is 191 cm³/mol. The second-order valence-electron chi connectivity index (χ2n) is 11.0. The van der Waals surface area contributed by atoms with Crippen molar-refractivity contribution in [3.05, 3.63) is 175 Å². The van der Waals surface area contributed by atoms with Crippen LogP contribution >= 0.6 is 48.0 Å². The van der Waals surface area contributed by atoms with E-state index in [9.17, 15) is 0 Å². The Morgan fingerprint density at radius 1 is 0.614 bits per heavy atom. The Bertz CT molecular complexity index is 2110. The zero-order chi connectivity index (χ0) is 28.2. The van der Waals surface area contributed by atoms with Crippen molar-refractivity contribution in [3.8, 4) is 11.1 Å². The van der Waals surface area contributed by atoms with Crippen LogP contribution in [0.5, 0.6) is 0 Å². The maximum atomic E-state index is 6.69. The van der Waals surface area contributed by atoms with Gasteiger partial charge in [0.15, 0.2) is 0 Å². The van der Waals surface area contributed by atoms with Gasteiger partial charge in [0.25, 0.3) is 0 Å². The third-order valence-electron chi connectivity index (χ3n) is 8.70. The van der Waals surface area contributed by atoms with Gasteiger partial charge in [-0.25, -0.2) is 0 Å². The van der Waals surface area contributed by atoms with Gasteiger partial charge >= 0.3 is 266 Å². The van der Waals surface area contributed by atoms with Crippen molar-refractivity contribution in [3.63, 3.8) is 0 Å². The van der Waals surface area contributed by atoms with Crippen molar-refractivity contribution in [1.29, 1.82) is 0 Å². The van der Waals surface area contributed by atoms with E-state index < -0.39 is 21.3 Å². The van der Waals surface area contributed by atoms with E-state index in [0.29, 0.717) is 3.63 Å². The molecule has 0 saturated heterocycles. The molecule has 0 amide bonds. The van der Waals surface area contributed by atoms with Crippen molar-refractivity contribution in [1.82, 2.24) is 0 Å². The molecule has 216 valence electrons. The van der Waals surface area contributed by atoms with Gasteiger partial charge in [-0.1, -0.05) is 0 Å². The summed E-state index contributed by atoms with van der Waals surface area (Å²) in [6.45, 7) is 0. The fourth-order valence-electron chi connectivity index (χ4n) is 7.09. The van der Waals surface area contributed by atoms with Crippen molar-refractivity contribution < 1.29 is 21.3 Å². The molecule has 5 heteroatoms. The Kier molecular flexibility index (Phi) is 9.17. The molecule has 0 aliphatic heterocycles. The van der Waals surface area contributed by atoms with Crippen LogP contribution in [0.4, 0.5) is 0 Å². The van der Waals surface area contributed by atoms with Gasteiger partial charge in [-0.05, 0) is 0 Å². The van der Waals surface area contributed by atoms with Crippen LogP contribution in [-0.4, -0.2) is 3.21 Å². The van der Waals surface area contributed by atoms with Crippen LogP contribution in [0.3, 0.4) is 0 Å². The number of benzene rings is 6. The molecule has 0 saturated carbocycles. The molecule has 44 heavy (non-hydrogen) atoms. The Hall–Kier alpha value is -2.77. The first-order valence-corrected chi connectivity index (χ1v) is 19.0. The molecular weight excluding hydrogens is 701 g/mol. The van der Waals surface area contributed by atoms with Gasteiger partial charge in [-0.15, -0.1) is 24.8 Å². The van der Waals surface area contributed by atoms with Gasteiger partial charge < -0.3 is 0 Å². The number of rotatable bonds is 4. The molecule has 8 rings (SSSR count). The normalized spacial score (nSPS) is 14.4. The Labute approximate surface area is 288 Å². The summed E-state index contributed by atoms with van der Waals surface area (Å²) in [4.78, 5) is 0. The van der Waals surface area contributed by atoms with Crippen LogP contribution in [0.25, 0.3) is 32.7 Å². The monoisotopic (exact) mass is 726 g/mol. The van der Waals surface area contributed by atoms with E-state index in [1.54, 1.807) is 3.28 Å². The van der Waals surface area contributed by atoms with Gasteiger partial charge in [0, 0.05) is 0 Å². The number of hydrogen-bond donors (Lipinski definition) is 0. The Morgan fingerprint density at radius 2 is 1.18 bits per heavy atom. The SMILES string of the molecule is Cl.Cl.Clc1cccc([C](c2cccc(Cl)c2)=[Zr]([C]2=CC=CC2)[CH]2c3ccccc3-c3c2c2ccccc2c2ccccc32)c1. The number of allylic oxidation sites excluding steroid dienone is 4. The molecular formula is C39H28Cl4Zr. The molecule has 0 nitrogen and oxygen atoms in total. The summed E-state index contributed by atoms with van der Waals surface area (Å²) < 4.78 is 3.34. The first kappa shape index (κ1) is 31.2. The van der Waals surface area contributed by atoms with Crippen LogP contribution in [0.2, 0.25) is 10.0 Å². The van der Waals surface area contributed by atoms with E-state index in [1.165, 1.54) is 58.1 Å². The number of hydrogen-bond acceptors (Lipinski definition) is 0. The molecule has 1 atom stereocenters. The van der Waals surface area contributed by atoms with Crippen molar-refractivity contribution in [2.75, 3.05) is 0 Å². The minimum atomic E-state index is -2.87. The second kappa shape index (κ2) is 12.9. The van der Waals surface area contributed by atoms with Gasteiger partial charge in [0.2, 0.25) is 0 Å². The second-order valence-corrected chi connectivity index (χ2v) is 18.2. The summed E-state index contributed by atoms with van der Waals surface area (Å²) >= 11 is 10.5. The molecule has 6 aromatic carbocycles. The van der Waals surface area contributed by atoms with Gasteiger partial charge in [0.1, 0.15) is 0 Å². The minimum absolute atomic E-state index is 0. The van der Waals surface area contributed by atoms with Crippen molar-refractivity contribution >= 4 is 72.8 Å². The third-order valence-corrected chi connectivity index (χ3v) is 17.4. The molecule has 6 aromatic rings. The molecule has 1 unspecified atom stereocenters. The van der Waals surface area contributed by atoms with E-state index >= 15 is 0 Å². The van der Waals surface area contributed by atoms with Crippen molar-refractivity contribution in [2.24, 2.45) is 0 Å². The van der Waals surface area contributed by atoms with Gasteiger partial charge in [0.05, 0.1) is 0 Å². The molecule has 0 aromatic heterocycles. The average molecular weight is 730 g/mol. The summed E-state index contributed by atoms with van der Waals surface area (Å²) in [6.07, 6.45) is 7.99. The molecule has 2 aliphatic carbocycles. The quantitative estimate of drug-likeness (QED) is 0.159. The van der Waals surface area contributed by atoms with Gasteiger partial charge in [-0.2, -0.15) is 0 Å². The zero-order valence-electron chi connectivity index (χ0n) is 23.6. The zero-order valence-corrected chi connectivity index (χ0v) is 29.2. The summed E-state index contributed by atoms with van der Waals surface area (Å²) in [7, 11) is 0. The average Bonchev–Trinajstić information content (AvgIpc) is 3.67. The van der Waals surface area contributed by atoms with Crippen LogP contribution in [0.1, 0.15) is 32.3 Å². The summed E-state index contributed by atoms with van der Waals surface area (Å²) in [5.74, 6) is 0. The van der Waals surface area contributed by atoms with Crippen molar-refractivity contribution in [2.45, 2.75) is 10.0 Å². The molecule has 0 spiro atoms. The van der Waals surface area contributed by atoms with E-state index in [1.807, 2.05) is 12.1 Å². The predicted octanol–water partition coefficient (Wildman–Crippen LogP) is 11.9. The first-order valence-electron chi connectivity index (χ1n) is 14.3. The standard InChI is InChI=1S/C21H13.C13H8Cl2.C5H5.2ClH.Zr/c1-2-8-15-14(7-1)13-20-18-11-4-3-9-16(18)17-10-5-6-12-19(17)21(15)20;14-12-5-1-3-10(8-12)7-11-4-2-6-13(15)9-11;1-2-4-5-3-1;;;/h1-13H;1-6,8-9H;1-3H,4H2;2*1H;. The molecule has 2 aliphatic rings. The van der Waals surface area contributed by atoms with Crippen LogP contribution in [0.15, 0.2) is 143 Å². The molecule has 0 radical (unpaired) electrons. The summed E-state index contributed by atoms with van der Waals surface area (Å²) in [5, 5.41) is 6.89. The fraction of sp³-hybridized carbons (Fsp3) is 0.0513. The number of halogens is 4. The maximum absolute atomic E-state index is 6.69. The van der Waals surface area contributed by atoms with E-state index in [-0.39, 0.29) is 24.8 Å². The van der Waals surface area contributed by atoms with E-state index in [4.69, 9.17) is 23.2 Å². The fourth-order valence-corrected chi connectivity index (χ4v) is 16.5. The van der Waals surface area contributed by atoms with Crippen LogP contribution in [0, 0.1) is 0 Å². The topological polar surface area (TPSA) is 0 Å². The number of fused-ring (bicyclic) bond motifs is 8. The summed E-state index contributed by atoms with van der Waals surface area (Å²) in [6, 6.07) is 44.1. The van der Waals surface area contributed by atoms with Crippen LogP contribution in [-0.2, 0) is 21.3 Å². The molecule has 0 fully saturated rings. The Morgan fingerprint density at radius 3 is 1.80 bits per heavy atom. The molecule has 0 N–H and O–H groups in total. The van der Waals surface area contributed by atoms with Crippen LogP contribution < -0.4 is 0 Å².